The van der Waals surface area contributed by atoms with Crippen molar-refractivity contribution in [1.82, 2.24) is 0 Å². The van der Waals surface area contributed by atoms with Gasteiger partial charge in [0.25, 0.3) is 0 Å². The highest BCUT2D eigenvalue weighted by Gasteiger charge is 2.16. The van der Waals surface area contributed by atoms with Crippen molar-refractivity contribution in [3.63, 3.8) is 0 Å². The number of nitrogens with zero attached hydrogens (tertiary/aromatic N) is 1. The van der Waals surface area contributed by atoms with E-state index in [9.17, 15) is 13.0 Å². The fourth-order valence-corrected chi connectivity index (χ4v) is 3.16. The SMILES string of the molecule is Cc1ccc(C(C)[n+]2ccccc2C)cc1.Cc1ccc(S(=O)(=O)[O-])cc1. The molecule has 1 heterocycles. The maximum atomic E-state index is 10.4. The topological polar surface area (TPSA) is 61.1 Å². The molecule has 5 heteroatoms. The zero-order valence-electron chi connectivity index (χ0n) is 16.1. The van der Waals surface area contributed by atoms with Crippen LogP contribution < -0.4 is 4.57 Å². The summed E-state index contributed by atoms with van der Waals surface area (Å²) in [6.07, 6.45) is 2.14. The van der Waals surface area contributed by atoms with Crippen molar-refractivity contribution in [3.05, 3.63) is 95.3 Å². The van der Waals surface area contributed by atoms with Gasteiger partial charge in [-0.05, 0) is 26.0 Å². The Morgan fingerprint density at radius 1 is 0.815 bits per heavy atom. The van der Waals surface area contributed by atoms with Gasteiger partial charge in [-0.15, -0.1) is 0 Å². The van der Waals surface area contributed by atoms with Crippen LogP contribution in [0.4, 0.5) is 0 Å². The van der Waals surface area contributed by atoms with E-state index in [1.807, 2.05) is 6.92 Å². The summed E-state index contributed by atoms with van der Waals surface area (Å²) < 4.78 is 33.5. The van der Waals surface area contributed by atoms with E-state index in [0.717, 1.165) is 5.56 Å². The van der Waals surface area contributed by atoms with E-state index < -0.39 is 10.1 Å². The molecule has 0 saturated carbocycles. The minimum Gasteiger partial charge on any atom is -0.744 e. The van der Waals surface area contributed by atoms with Gasteiger partial charge in [-0.25, -0.2) is 8.42 Å². The molecule has 142 valence electrons. The second-order valence-electron chi connectivity index (χ2n) is 6.60. The number of benzene rings is 2. The second-order valence-corrected chi connectivity index (χ2v) is 7.98. The summed E-state index contributed by atoms with van der Waals surface area (Å²) in [6, 6.07) is 21.2. The molecule has 0 aliphatic heterocycles. The van der Waals surface area contributed by atoms with Gasteiger partial charge in [0.1, 0.15) is 10.1 Å². The maximum Gasteiger partial charge on any atom is 0.181 e. The largest absolute Gasteiger partial charge is 0.744 e. The molecule has 1 atom stereocenters. The van der Waals surface area contributed by atoms with E-state index in [2.05, 4.69) is 74.0 Å². The molecule has 0 spiro atoms. The van der Waals surface area contributed by atoms with Crippen LogP contribution in [-0.2, 0) is 10.1 Å². The smallest absolute Gasteiger partial charge is 0.181 e. The number of hydrogen-bond donors (Lipinski definition) is 0. The molecule has 0 radical (unpaired) electrons. The van der Waals surface area contributed by atoms with E-state index in [1.54, 1.807) is 12.1 Å². The van der Waals surface area contributed by atoms with Crippen molar-refractivity contribution >= 4 is 10.1 Å². The quantitative estimate of drug-likeness (QED) is 0.505. The van der Waals surface area contributed by atoms with E-state index >= 15 is 0 Å². The Bertz CT molecular complexity index is 979. The molecule has 1 unspecified atom stereocenters. The lowest BCUT2D eigenvalue weighted by molar-refractivity contribution is -0.716. The summed E-state index contributed by atoms with van der Waals surface area (Å²) in [6.45, 7) is 8.32. The zero-order valence-corrected chi connectivity index (χ0v) is 16.9. The van der Waals surface area contributed by atoms with Gasteiger partial charge in [-0.2, -0.15) is 4.57 Å². The Hall–Kier alpha value is -2.50. The van der Waals surface area contributed by atoms with E-state index in [0.29, 0.717) is 6.04 Å². The molecule has 3 aromatic rings. The average molecular weight is 384 g/mol. The molecular formula is C22H25NO3S. The van der Waals surface area contributed by atoms with Gasteiger partial charge in [0, 0.05) is 31.5 Å². The highest BCUT2D eigenvalue weighted by Crippen LogP contribution is 2.13. The van der Waals surface area contributed by atoms with Gasteiger partial charge in [-0.1, -0.05) is 53.6 Å². The fourth-order valence-electron chi connectivity index (χ4n) is 2.69. The van der Waals surface area contributed by atoms with Crippen LogP contribution in [0, 0.1) is 20.8 Å². The van der Waals surface area contributed by atoms with Crippen LogP contribution in [-0.4, -0.2) is 13.0 Å². The van der Waals surface area contributed by atoms with E-state index in [-0.39, 0.29) is 4.90 Å². The molecule has 27 heavy (non-hydrogen) atoms. The average Bonchev–Trinajstić information content (AvgIpc) is 2.62. The van der Waals surface area contributed by atoms with E-state index in [4.69, 9.17) is 0 Å². The van der Waals surface area contributed by atoms with Gasteiger partial charge >= 0.3 is 0 Å². The summed E-state index contributed by atoms with van der Waals surface area (Å²) in [5.41, 5.74) is 4.88. The van der Waals surface area contributed by atoms with Gasteiger partial charge in [0.2, 0.25) is 0 Å². The lowest BCUT2D eigenvalue weighted by atomic mass is 10.1. The highest BCUT2D eigenvalue weighted by atomic mass is 32.2. The summed E-state index contributed by atoms with van der Waals surface area (Å²) >= 11 is 0. The monoisotopic (exact) mass is 383 g/mol. The van der Waals surface area contributed by atoms with Crippen molar-refractivity contribution in [1.29, 1.82) is 0 Å². The van der Waals surface area contributed by atoms with Crippen molar-refractivity contribution in [2.24, 2.45) is 0 Å². The molecule has 2 aromatic carbocycles. The highest BCUT2D eigenvalue weighted by molar-refractivity contribution is 7.85. The normalized spacial score (nSPS) is 12.0. The standard InChI is InChI=1S/C15H18N.C7H8O3S/c1-12-7-9-15(10-8-12)14(3)16-11-5-4-6-13(16)2;1-6-2-4-7(5-3-6)11(8,9)10/h4-11,14H,1-3H3;2-5H,1H3,(H,8,9,10)/q+1;/p-1. The van der Waals surface area contributed by atoms with Gasteiger partial charge in [-0.3, -0.25) is 0 Å². The van der Waals surface area contributed by atoms with Crippen LogP contribution in [0.5, 0.6) is 0 Å². The number of pyridine rings is 1. The van der Waals surface area contributed by atoms with Gasteiger partial charge in [0.15, 0.2) is 17.9 Å². The van der Waals surface area contributed by atoms with Crippen molar-refractivity contribution < 1.29 is 17.5 Å². The third-order valence-corrected chi connectivity index (χ3v) is 5.24. The first-order chi connectivity index (χ1) is 12.7. The lowest BCUT2D eigenvalue weighted by Gasteiger charge is -2.09. The molecule has 0 saturated heterocycles. The Labute approximate surface area is 161 Å². The van der Waals surface area contributed by atoms with Crippen LogP contribution >= 0.6 is 0 Å². The number of aromatic nitrogens is 1. The predicted molar refractivity (Wildman–Crippen MR) is 106 cm³/mol. The van der Waals surface area contributed by atoms with Crippen molar-refractivity contribution in [2.45, 2.75) is 38.6 Å². The van der Waals surface area contributed by atoms with Crippen molar-refractivity contribution in [2.75, 3.05) is 0 Å². The second kappa shape index (κ2) is 8.93. The van der Waals surface area contributed by atoms with E-state index in [1.165, 1.54) is 29.0 Å². The lowest BCUT2D eigenvalue weighted by Crippen LogP contribution is -2.40. The first-order valence-electron chi connectivity index (χ1n) is 8.74. The van der Waals surface area contributed by atoms with Gasteiger partial charge in [0.05, 0.1) is 4.90 Å². The Kier molecular flexibility index (Phi) is 6.88. The Morgan fingerprint density at radius 2 is 1.33 bits per heavy atom. The number of rotatable bonds is 3. The maximum absolute atomic E-state index is 10.4. The molecule has 4 nitrogen and oxygen atoms in total. The number of aryl methyl sites for hydroxylation is 3. The molecule has 0 aliphatic rings. The Balaban J connectivity index is 0.000000208. The van der Waals surface area contributed by atoms with Crippen LogP contribution in [0.25, 0.3) is 0 Å². The minimum absolute atomic E-state index is 0.178. The summed E-state index contributed by atoms with van der Waals surface area (Å²) in [4.78, 5) is -0.178. The summed E-state index contributed by atoms with van der Waals surface area (Å²) in [7, 11) is -4.27. The molecule has 0 bridgehead atoms. The minimum atomic E-state index is -4.27. The molecule has 1 aromatic heterocycles. The van der Waals surface area contributed by atoms with Crippen LogP contribution in [0.3, 0.4) is 0 Å². The molecule has 0 N–H and O–H groups in total. The fraction of sp³-hybridized carbons (Fsp3) is 0.227. The van der Waals surface area contributed by atoms with Gasteiger partial charge < -0.3 is 4.55 Å². The van der Waals surface area contributed by atoms with Crippen molar-refractivity contribution in [3.8, 4) is 0 Å². The molecule has 3 rings (SSSR count). The Morgan fingerprint density at radius 3 is 1.81 bits per heavy atom. The van der Waals surface area contributed by atoms with Crippen LogP contribution in [0.1, 0.15) is 35.3 Å². The zero-order chi connectivity index (χ0) is 20.0. The molecular weight excluding hydrogens is 358 g/mol. The predicted octanol–water partition coefficient (Wildman–Crippen LogP) is 4.10. The van der Waals surface area contributed by atoms with Crippen LogP contribution in [0.2, 0.25) is 0 Å². The summed E-state index contributed by atoms with van der Waals surface area (Å²) in [5, 5.41) is 0. The molecule has 0 amide bonds. The molecule has 0 aliphatic carbocycles. The molecule has 0 fully saturated rings. The van der Waals surface area contributed by atoms with Crippen LogP contribution in [0.15, 0.2) is 77.8 Å². The number of hydrogen-bond acceptors (Lipinski definition) is 3. The first kappa shape index (κ1) is 20.8. The third-order valence-electron chi connectivity index (χ3n) is 4.39. The third kappa shape index (κ3) is 6.01. The summed E-state index contributed by atoms with van der Waals surface area (Å²) in [5.74, 6) is 0. The first-order valence-corrected chi connectivity index (χ1v) is 10.1.